The molecule has 0 radical (unpaired) electrons. The van der Waals surface area contributed by atoms with Gasteiger partial charge in [-0.05, 0) is 13.3 Å². The Bertz CT molecular complexity index is 38.6. The lowest BCUT2D eigenvalue weighted by Gasteiger charge is -1.90. The van der Waals surface area contributed by atoms with Gasteiger partial charge in [-0.3, -0.25) is 0 Å². The molecule has 0 aromatic rings. The lowest BCUT2D eigenvalue weighted by Crippen LogP contribution is -1.67. The summed E-state index contributed by atoms with van der Waals surface area (Å²) in [6, 6.07) is 0. The second-order valence-electron chi connectivity index (χ2n) is 1.54. The van der Waals surface area contributed by atoms with Gasteiger partial charge in [-0.1, -0.05) is 35.4 Å². The lowest BCUT2D eigenvalue weighted by atomic mass is 10.6. The molecule has 1 N–H and O–H groups in total. The summed E-state index contributed by atoms with van der Waals surface area (Å²) in [6.45, 7) is 6.33. The maximum Gasteiger partial charge on any atom is 0.0402 e. The van der Waals surface area contributed by atoms with E-state index in [1.54, 1.807) is 6.92 Å². The largest absolute Gasteiger partial charge is 0.397 e. The van der Waals surface area contributed by atoms with Crippen LogP contribution in [0.5, 0.6) is 0 Å². The molecule has 10 heavy (non-hydrogen) atoms. The normalized spacial score (nSPS) is 8.40. The molecule has 0 aliphatic carbocycles. The first-order valence-electron chi connectivity index (χ1n) is 3.68. The van der Waals surface area contributed by atoms with Crippen LogP contribution in [0.1, 0.15) is 27.2 Å². The van der Waals surface area contributed by atoms with Crippen LogP contribution in [0.25, 0.3) is 0 Å². The van der Waals surface area contributed by atoms with Crippen molar-refractivity contribution in [2.75, 3.05) is 18.1 Å². The summed E-state index contributed by atoms with van der Waals surface area (Å²) in [6.07, 6.45) is 1.30. The predicted octanol–water partition coefficient (Wildman–Crippen LogP) is 2.80. The van der Waals surface area contributed by atoms with Gasteiger partial charge in [-0.2, -0.15) is 0 Å². The molecule has 0 bridgehead atoms. The van der Waals surface area contributed by atoms with Crippen LogP contribution in [0.15, 0.2) is 0 Å². The van der Waals surface area contributed by atoms with E-state index in [1.807, 2.05) is 21.6 Å². The summed E-state index contributed by atoms with van der Waals surface area (Å²) in [7, 11) is 3.92. The Hall–Kier alpha value is 0.660. The average Bonchev–Trinajstić information content (AvgIpc) is 1.91. The van der Waals surface area contributed by atoms with Gasteiger partial charge >= 0.3 is 0 Å². The van der Waals surface area contributed by atoms with Crippen molar-refractivity contribution in [1.29, 1.82) is 0 Å². The number of aliphatic hydroxyl groups excluding tert-OH is 1. The minimum absolute atomic E-state index is 0.250. The molecule has 0 fully saturated rings. The fourth-order valence-corrected chi connectivity index (χ4v) is 2.03. The van der Waals surface area contributed by atoms with Gasteiger partial charge < -0.3 is 5.11 Å². The van der Waals surface area contributed by atoms with Gasteiger partial charge in [0.05, 0.1) is 0 Å². The van der Waals surface area contributed by atoms with Gasteiger partial charge in [0, 0.05) is 18.1 Å². The average molecular weight is 182 g/mol. The van der Waals surface area contributed by atoms with Crippen LogP contribution in [0.2, 0.25) is 0 Å². The molecular formula is C7H18OS2. The summed E-state index contributed by atoms with van der Waals surface area (Å²) in [5.41, 5.74) is 0. The van der Waals surface area contributed by atoms with Crippen molar-refractivity contribution in [2.45, 2.75) is 27.2 Å². The lowest BCUT2D eigenvalue weighted by molar-refractivity contribution is 0.318. The molecule has 0 atom stereocenters. The van der Waals surface area contributed by atoms with Crippen LogP contribution < -0.4 is 0 Å². The van der Waals surface area contributed by atoms with E-state index in [1.165, 1.54) is 17.9 Å². The van der Waals surface area contributed by atoms with Crippen molar-refractivity contribution in [2.24, 2.45) is 0 Å². The molecule has 0 aliphatic rings. The highest BCUT2D eigenvalue weighted by atomic mass is 33.1. The number of hydrogen-bond donors (Lipinski definition) is 1. The van der Waals surface area contributed by atoms with Gasteiger partial charge in [0.25, 0.3) is 0 Å². The molecule has 0 rings (SSSR count). The zero-order valence-electron chi connectivity index (χ0n) is 7.09. The Kier molecular flexibility index (Phi) is 21.7. The van der Waals surface area contributed by atoms with Gasteiger partial charge in [0.15, 0.2) is 0 Å². The van der Waals surface area contributed by atoms with Crippen molar-refractivity contribution in [3.8, 4) is 0 Å². The Morgan fingerprint density at radius 2 is 1.60 bits per heavy atom. The highest BCUT2D eigenvalue weighted by Gasteiger charge is 1.80. The Morgan fingerprint density at radius 3 is 1.90 bits per heavy atom. The Morgan fingerprint density at radius 1 is 1.10 bits per heavy atom. The molecule has 1 nitrogen and oxygen atoms in total. The first kappa shape index (κ1) is 13.3. The van der Waals surface area contributed by atoms with Crippen LogP contribution in [-0.2, 0) is 0 Å². The molecule has 0 saturated heterocycles. The standard InChI is InChI=1S/C5H12S2.C2H6O/c1-3-5-7-6-4-2;1-2-3/h3-5H2,1-2H3;3H,2H2,1H3. The molecule has 0 unspecified atom stereocenters. The molecule has 0 heterocycles. The van der Waals surface area contributed by atoms with E-state index in [-0.39, 0.29) is 6.61 Å². The second-order valence-corrected chi connectivity index (χ2v) is 4.42. The first-order chi connectivity index (χ1) is 4.83. The van der Waals surface area contributed by atoms with Crippen molar-refractivity contribution >= 4 is 21.6 Å². The highest BCUT2D eigenvalue weighted by Crippen LogP contribution is 2.20. The molecule has 64 valence electrons. The fraction of sp³-hybridized carbons (Fsp3) is 1.00. The minimum Gasteiger partial charge on any atom is -0.397 e. The van der Waals surface area contributed by atoms with Crippen LogP contribution in [0.3, 0.4) is 0 Å². The van der Waals surface area contributed by atoms with E-state index in [4.69, 9.17) is 5.11 Å². The first-order valence-corrected chi connectivity index (χ1v) is 6.17. The van der Waals surface area contributed by atoms with E-state index in [0.29, 0.717) is 0 Å². The van der Waals surface area contributed by atoms with Crippen LogP contribution in [0, 0.1) is 0 Å². The number of rotatable bonds is 4. The zero-order chi connectivity index (χ0) is 8.24. The zero-order valence-corrected chi connectivity index (χ0v) is 8.73. The van der Waals surface area contributed by atoms with Crippen LogP contribution in [0.4, 0.5) is 0 Å². The van der Waals surface area contributed by atoms with Gasteiger partial charge in [0.1, 0.15) is 0 Å². The van der Waals surface area contributed by atoms with Crippen molar-refractivity contribution in [1.82, 2.24) is 0 Å². The minimum atomic E-state index is 0.250. The van der Waals surface area contributed by atoms with Crippen molar-refractivity contribution < 1.29 is 5.11 Å². The third kappa shape index (κ3) is 23.4. The van der Waals surface area contributed by atoms with E-state index >= 15 is 0 Å². The van der Waals surface area contributed by atoms with E-state index in [0.717, 1.165) is 0 Å². The van der Waals surface area contributed by atoms with E-state index in [2.05, 4.69) is 13.8 Å². The maximum absolute atomic E-state index is 7.57. The molecular weight excluding hydrogens is 164 g/mol. The van der Waals surface area contributed by atoms with Crippen LogP contribution >= 0.6 is 21.6 Å². The molecule has 0 spiro atoms. The van der Waals surface area contributed by atoms with Crippen molar-refractivity contribution in [3.63, 3.8) is 0 Å². The topological polar surface area (TPSA) is 20.2 Å². The smallest absolute Gasteiger partial charge is 0.0402 e. The second kappa shape index (κ2) is 16.3. The quantitative estimate of drug-likeness (QED) is 0.533. The molecule has 0 aromatic carbocycles. The Labute approximate surface area is 72.4 Å². The molecule has 0 aromatic heterocycles. The summed E-state index contributed by atoms with van der Waals surface area (Å²) < 4.78 is 0. The molecule has 3 heteroatoms. The number of aliphatic hydroxyl groups is 1. The van der Waals surface area contributed by atoms with E-state index < -0.39 is 0 Å². The maximum atomic E-state index is 7.57. The molecule has 0 saturated carbocycles. The van der Waals surface area contributed by atoms with E-state index in [9.17, 15) is 0 Å². The summed E-state index contributed by atoms with van der Waals surface area (Å²) in [5.74, 6) is 2.54. The number of hydrogen-bond acceptors (Lipinski definition) is 3. The molecule has 0 aliphatic heterocycles. The third-order valence-electron chi connectivity index (χ3n) is 0.489. The predicted molar refractivity (Wildman–Crippen MR) is 53.6 cm³/mol. The Balaban J connectivity index is 0. The highest BCUT2D eigenvalue weighted by molar-refractivity contribution is 8.76. The van der Waals surface area contributed by atoms with Gasteiger partial charge in [-0.25, -0.2) is 0 Å². The van der Waals surface area contributed by atoms with Gasteiger partial charge in [0.2, 0.25) is 0 Å². The molecule has 0 amide bonds. The van der Waals surface area contributed by atoms with Crippen LogP contribution in [-0.4, -0.2) is 23.2 Å². The third-order valence-corrected chi connectivity index (χ3v) is 3.17. The van der Waals surface area contributed by atoms with Crippen molar-refractivity contribution in [3.05, 3.63) is 0 Å². The SMILES string of the molecule is CCCSSCC.CCO. The summed E-state index contributed by atoms with van der Waals surface area (Å²) in [4.78, 5) is 0. The fourth-order valence-electron chi connectivity index (χ4n) is 0.226. The summed E-state index contributed by atoms with van der Waals surface area (Å²) in [5, 5.41) is 7.57. The monoisotopic (exact) mass is 182 g/mol. The summed E-state index contributed by atoms with van der Waals surface area (Å²) >= 11 is 0. The van der Waals surface area contributed by atoms with Gasteiger partial charge in [-0.15, -0.1) is 0 Å².